The lowest BCUT2D eigenvalue weighted by atomic mass is 10.0. The first-order chi connectivity index (χ1) is 20.5. The number of nitrogens with zero attached hydrogens (tertiary/aromatic N) is 2. The summed E-state index contributed by atoms with van der Waals surface area (Å²) in [5.74, 6) is 1.90. The van der Waals surface area contributed by atoms with Gasteiger partial charge in [0.2, 0.25) is 0 Å². The fraction of sp³-hybridized carbons (Fsp3) is 0.121. The van der Waals surface area contributed by atoms with Gasteiger partial charge in [-0.25, -0.2) is 0 Å². The minimum Gasteiger partial charge on any atom is -0.484 e. The number of aryl methyl sites for hydroxylation is 1. The first kappa shape index (κ1) is 27.7. The van der Waals surface area contributed by atoms with Gasteiger partial charge in [0.1, 0.15) is 23.3 Å². The number of halogens is 1. The number of ether oxygens (including phenoxy) is 1. The molecule has 0 spiro atoms. The van der Waals surface area contributed by atoms with Crippen LogP contribution in [0.15, 0.2) is 118 Å². The molecule has 6 rings (SSSR count). The molecule has 1 aliphatic rings. The Kier molecular flexibility index (Phi) is 8.03. The second-order valence-corrected chi connectivity index (χ2v) is 11.1. The third-order valence-corrected chi connectivity index (χ3v) is 7.92. The molecule has 1 saturated heterocycles. The largest absolute Gasteiger partial charge is 0.484 e. The first-order valence-corrected chi connectivity index (χ1v) is 14.6. The van der Waals surface area contributed by atoms with Crippen molar-refractivity contribution in [2.24, 2.45) is 0 Å². The molecule has 9 heteroatoms. The average molecular weight is 640 g/mol. The van der Waals surface area contributed by atoms with E-state index in [9.17, 15) is 4.79 Å². The molecule has 0 bridgehead atoms. The summed E-state index contributed by atoms with van der Waals surface area (Å²) in [6.07, 6.45) is 1.77. The number of carbonyl (C=O) groups is 1. The molecule has 1 fully saturated rings. The molecule has 5 aromatic rings. The van der Waals surface area contributed by atoms with Gasteiger partial charge < -0.3 is 24.7 Å². The number of pyridine rings is 1. The molecule has 7 nitrogen and oxygen atoms in total. The summed E-state index contributed by atoms with van der Waals surface area (Å²) < 4.78 is 13.0. The Bertz CT molecular complexity index is 1710. The maximum Gasteiger partial charge on any atom is 0.262 e. The number of nitrogens with one attached hydrogen (secondary N) is 2. The molecule has 3 aromatic carbocycles. The van der Waals surface area contributed by atoms with Gasteiger partial charge in [-0.3, -0.25) is 9.78 Å². The second kappa shape index (κ2) is 12.2. The van der Waals surface area contributed by atoms with E-state index >= 15 is 0 Å². The number of carbonyl (C=O) groups excluding carboxylic acids is 1. The van der Waals surface area contributed by atoms with E-state index < -0.39 is 0 Å². The number of para-hydroxylation sites is 1. The van der Waals surface area contributed by atoms with Crippen molar-refractivity contribution < 1.29 is 13.9 Å². The highest BCUT2D eigenvalue weighted by Gasteiger charge is 2.42. The summed E-state index contributed by atoms with van der Waals surface area (Å²) in [7, 11) is 0. The van der Waals surface area contributed by atoms with Crippen LogP contribution in [0.4, 0.5) is 11.4 Å². The van der Waals surface area contributed by atoms with Crippen molar-refractivity contribution in [1.82, 2.24) is 10.3 Å². The molecule has 0 aliphatic carbocycles. The Hall–Kier alpha value is -4.47. The third-order valence-electron chi connectivity index (χ3n) is 6.95. The number of aromatic nitrogens is 1. The zero-order valence-electron chi connectivity index (χ0n) is 22.7. The highest BCUT2D eigenvalue weighted by molar-refractivity contribution is 9.10. The standard InChI is InChI=1S/C33H27BrN4O3S/c1-21-10-15-25(26(34)19-21)28-16-17-29(41-28)32-31(27-9-5-6-18-35-27)37-33(42)38(32)23-13-11-22(12-14-23)36-30(39)20-40-24-7-3-2-4-8-24/h2-19,31-32H,20H2,1H3,(H,36,39)(H,37,42)/t31-,32+/m1/s1. The summed E-state index contributed by atoms with van der Waals surface area (Å²) in [6, 6.07) is 32.2. The van der Waals surface area contributed by atoms with Crippen LogP contribution in [0.3, 0.4) is 0 Å². The zero-order chi connectivity index (χ0) is 29.1. The lowest BCUT2D eigenvalue weighted by Gasteiger charge is -2.26. The molecule has 0 radical (unpaired) electrons. The Morgan fingerprint density at radius 2 is 1.81 bits per heavy atom. The van der Waals surface area contributed by atoms with E-state index in [1.165, 1.54) is 0 Å². The van der Waals surface area contributed by atoms with Gasteiger partial charge in [0.05, 0.1) is 11.7 Å². The SMILES string of the molecule is Cc1ccc(-c2ccc([C@H]3[C@@H](c4ccccn4)NC(=S)N3c3ccc(NC(=O)COc4ccccc4)cc3)o2)c(Br)c1. The van der Waals surface area contributed by atoms with Gasteiger partial charge in [0.25, 0.3) is 5.91 Å². The van der Waals surface area contributed by atoms with Crippen LogP contribution in [-0.2, 0) is 4.79 Å². The fourth-order valence-electron chi connectivity index (χ4n) is 4.97. The maximum atomic E-state index is 12.5. The molecular weight excluding hydrogens is 612 g/mol. The van der Waals surface area contributed by atoms with E-state index in [4.69, 9.17) is 21.4 Å². The molecule has 1 aliphatic heterocycles. The van der Waals surface area contributed by atoms with Gasteiger partial charge in [-0.05, 0) is 97.5 Å². The summed E-state index contributed by atoms with van der Waals surface area (Å²) in [6.45, 7) is 1.97. The van der Waals surface area contributed by atoms with Gasteiger partial charge in [0.15, 0.2) is 11.7 Å². The maximum absolute atomic E-state index is 12.5. The van der Waals surface area contributed by atoms with Crippen molar-refractivity contribution in [3.63, 3.8) is 0 Å². The van der Waals surface area contributed by atoms with E-state index in [2.05, 4.69) is 50.6 Å². The topological polar surface area (TPSA) is 79.6 Å². The quantitative estimate of drug-likeness (QED) is 0.169. The summed E-state index contributed by atoms with van der Waals surface area (Å²) >= 11 is 9.52. The van der Waals surface area contributed by atoms with Crippen molar-refractivity contribution >= 4 is 50.5 Å². The predicted octanol–water partition coefficient (Wildman–Crippen LogP) is 7.61. The number of amides is 1. The summed E-state index contributed by atoms with van der Waals surface area (Å²) in [5.41, 5.74) is 4.49. The highest BCUT2D eigenvalue weighted by Crippen LogP contribution is 2.43. The Labute approximate surface area is 257 Å². The van der Waals surface area contributed by atoms with Crippen molar-refractivity contribution in [3.8, 4) is 17.1 Å². The molecule has 0 unspecified atom stereocenters. The van der Waals surface area contributed by atoms with Crippen LogP contribution in [0.1, 0.15) is 29.1 Å². The Balaban J connectivity index is 1.26. The molecule has 2 aromatic heterocycles. The number of rotatable bonds is 8. The van der Waals surface area contributed by atoms with Crippen LogP contribution in [-0.4, -0.2) is 22.6 Å². The molecule has 3 heterocycles. The van der Waals surface area contributed by atoms with E-state index in [0.29, 0.717) is 16.5 Å². The molecule has 2 atom stereocenters. The number of furan rings is 1. The Morgan fingerprint density at radius 3 is 2.55 bits per heavy atom. The number of thiocarbonyl (C=S) groups is 1. The highest BCUT2D eigenvalue weighted by atomic mass is 79.9. The van der Waals surface area contributed by atoms with Gasteiger partial charge in [-0.2, -0.15) is 0 Å². The molecule has 0 saturated carbocycles. The lowest BCUT2D eigenvalue weighted by Crippen LogP contribution is -2.29. The molecule has 210 valence electrons. The second-order valence-electron chi connectivity index (χ2n) is 9.88. The average Bonchev–Trinajstić information content (AvgIpc) is 3.62. The van der Waals surface area contributed by atoms with Crippen molar-refractivity contribution in [2.45, 2.75) is 19.0 Å². The normalized spacial score (nSPS) is 16.2. The van der Waals surface area contributed by atoms with Gasteiger partial charge >= 0.3 is 0 Å². The minimum absolute atomic E-state index is 0.0857. The summed E-state index contributed by atoms with van der Waals surface area (Å²) in [5, 5.41) is 6.89. The minimum atomic E-state index is -0.301. The Morgan fingerprint density at radius 1 is 1.02 bits per heavy atom. The van der Waals surface area contributed by atoms with E-state index in [0.717, 1.165) is 38.5 Å². The monoisotopic (exact) mass is 638 g/mol. The molecule has 1 amide bonds. The van der Waals surface area contributed by atoms with Crippen LogP contribution in [0.25, 0.3) is 11.3 Å². The predicted molar refractivity (Wildman–Crippen MR) is 172 cm³/mol. The van der Waals surface area contributed by atoms with Gasteiger partial charge in [-0.15, -0.1) is 0 Å². The number of anilines is 2. The van der Waals surface area contributed by atoms with Crippen molar-refractivity contribution in [3.05, 3.63) is 131 Å². The van der Waals surface area contributed by atoms with Crippen LogP contribution < -0.4 is 20.3 Å². The molecule has 42 heavy (non-hydrogen) atoms. The number of hydrogen-bond donors (Lipinski definition) is 2. The van der Waals surface area contributed by atoms with E-state index in [1.54, 1.807) is 6.20 Å². The first-order valence-electron chi connectivity index (χ1n) is 13.4. The van der Waals surface area contributed by atoms with Crippen LogP contribution >= 0.6 is 28.1 Å². The zero-order valence-corrected chi connectivity index (χ0v) is 25.1. The van der Waals surface area contributed by atoms with Crippen molar-refractivity contribution in [1.29, 1.82) is 0 Å². The smallest absolute Gasteiger partial charge is 0.262 e. The number of hydrogen-bond acceptors (Lipinski definition) is 5. The van der Waals surface area contributed by atoms with E-state index in [1.807, 2.05) is 95.9 Å². The van der Waals surface area contributed by atoms with Gasteiger partial charge in [0, 0.05) is 27.6 Å². The van der Waals surface area contributed by atoms with Crippen molar-refractivity contribution in [2.75, 3.05) is 16.8 Å². The molecule has 2 N–H and O–H groups in total. The number of benzene rings is 3. The molecular formula is C33H27BrN4O3S. The third kappa shape index (κ3) is 5.93. The van der Waals surface area contributed by atoms with Crippen LogP contribution in [0, 0.1) is 6.92 Å². The van der Waals surface area contributed by atoms with Gasteiger partial charge in [-0.1, -0.05) is 46.3 Å². The van der Waals surface area contributed by atoms with Crippen LogP contribution in [0.2, 0.25) is 0 Å². The summed E-state index contributed by atoms with van der Waals surface area (Å²) in [4.78, 5) is 19.1. The van der Waals surface area contributed by atoms with Crippen LogP contribution in [0.5, 0.6) is 5.75 Å². The van der Waals surface area contributed by atoms with E-state index in [-0.39, 0.29) is 24.6 Å². The fourth-order valence-corrected chi connectivity index (χ4v) is 6.00. The lowest BCUT2D eigenvalue weighted by molar-refractivity contribution is -0.118.